The zero-order chi connectivity index (χ0) is 17.3. The molecular formula is C21H14N4O. The first-order valence-electron chi connectivity index (χ1n) is 8.29. The maximum atomic E-state index is 5.95. The van der Waals surface area contributed by atoms with Crippen molar-refractivity contribution < 1.29 is 4.42 Å². The predicted octanol–water partition coefficient (Wildman–Crippen LogP) is 4.95. The number of imidazole rings is 1. The first-order valence-corrected chi connectivity index (χ1v) is 8.29. The number of hydrogen-bond acceptors (Lipinski definition) is 4. The SMILES string of the molecule is c1ccc(-c2c(-c3ncc[nH]3)coc2-c2ccc3ccccc3n2)nc1. The minimum Gasteiger partial charge on any atom is -0.461 e. The van der Waals surface area contributed by atoms with Gasteiger partial charge in [0.05, 0.1) is 22.3 Å². The van der Waals surface area contributed by atoms with Gasteiger partial charge in [-0.15, -0.1) is 0 Å². The molecule has 5 heteroatoms. The minimum absolute atomic E-state index is 0.681. The monoisotopic (exact) mass is 338 g/mol. The lowest BCUT2D eigenvalue weighted by Crippen LogP contribution is -1.90. The molecular weight excluding hydrogens is 324 g/mol. The smallest absolute Gasteiger partial charge is 0.162 e. The zero-order valence-corrected chi connectivity index (χ0v) is 13.8. The molecule has 0 amide bonds. The Bertz CT molecular complexity index is 1180. The Morgan fingerprint density at radius 2 is 1.73 bits per heavy atom. The first kappa shape index (κ1) is 14.6. The molecule has 1 N–H and O–H groups in total. The molecule has 4 aromatic heterocycles. The van der Waals surface area contributed by atoms with Crippen LogP contribution in [0.1, 0.15) is 0 Å². The van der Waals surface area contributed by atoms with Crippen LogP contribution in [0.3, 0.4) is 0 Å². The number of aromatic nitrogens is 4. The van der Waals surface area contributed by atoms with Crippen LogP contribution < -0.4 is 0 Å². The van der Waals surface area contributed by atoms with Crippen LogP contribution >= 0.6 is 0 Å². The van der Waals surface area contributed by atoms with Crippen molar-refractivity contribution >= 4 is 10.9 Å². The lowest BCUT2D eigenvalue weighted by molar-refractivity contribution is 0.581. The molecule has 5 aromatic rings. The van der Waals surface area contributed by atoms with E-state index in [1.54, 1.807) is 24.9 Å². The molecule has 4 heterocycles. The van der Waals surface area contributed by atoms with Gasteiger partial charge in [-0.05, 0) is 24.3 Å². The van der Waals surface area contributed by atoms with Gasteiger partial charge in [-0.25, -0.2) is 9.97 Å². The predicted molar refractivity (Wildman–Crippen MR) is 100 cm³/mol. The number of nitrogens with zero attached hydrogens (tertiary/aromatic N) is 3. The summed E-state index contributed by atoms with van der Waals surface area (Å²) >= 11 is 0. The van der Waals surface area contributed by atoms with Crippen LogP contribution in [0.2, 0.25) is 0 Å². The van der Waals surface area contributed by atoms with Crippen molar-refractivity contribution in [3.05, 3.63) is 79.5 Å². The quantitative estimate of drug-likeness (QED) is 0.505. The molecule has 5 rings (SSSR count). The van der Waals surface area contributed by atoms with Crippen LogP contribution in [0.15, 0.2) is 83.9 Å². The number of nitrogens with one attached hydrogen (secondary N) is 1. The molecule has 5 nitrogen and oxygen atoms in total. The summed E-state index contributed by atoms with van der Waals surface area (Å²) in [6.07, 6.45) is 6.98. The van der Waals surface area contributed by atoms with Crippen LogP contribution in [-0.4, -0.2) is 19.9 Å². The Morgan fingerprint density at radius 3 is 2.58 bits per heavy atom. The van der Waals surface area contributed by atoms with Gasteiger partial charge in [-0.2, -0.15) is 0 Å². The third-order valence-electron chi connectivity index (χ3n) is 4.30. The summed E-state index contributed by atoms with van der Waals surface area (Å²) in [6.45, 7) is 0. The molecule has 0 spiro atoms. The van der Waals surface area contributed by atoms with Crippen molar-refractivity contribution in [2.75, 3.05) is 0 Å². The van der Waals surface area contributed by atoms with Gasteiger partial charge in [-0.1, -0.05) is 30.3 Å². The third kappa shape index (κ3) is 2.38. The molecule has 0 aliphatic carbocycles. The van der Waals surface area contributed by atoms with E-state index in [1.807, 2.05) is 48.5 Å². The highest BCUT2D eigenvalue weighted by Gasteiger charge is 2.21. The van der Waals surface area contributed by atoms with E-state index in [9.17, 15) is 0 Å². The molecule has 1 aromatic carbocycles. The Kier molecular flexibility index (Phi) is 3.35. The number of para-hydroxylation sites is 1. The lowest BCUT2D eigenvalue weighted by Gasteiger charge is -2.05. The molecule has 0 aliphatic rings. The van der Waals surface area contributed by atoms with E-state index in [2.05, 4.69) is 21.0 Å². The minimum atomic E-state index is 0.681. The van der Waals surface area contributed by atoms with Gasteiger partial charge in [0.15, 0.2) is 5.76 Å². The van der Waals surface area contributed by atoms with Gasteiger partial charge in [0.1, 0.15) is 17.8 Å². The van der Waals surface area contributed by atoms with Gasteiger partial charge in [-0.3, -0.25) is 4.98 Å². The Morgan fingerprint density at radius 1 is 0.808 bits per heavy atom. The van der Waals surface area contributed by atoms with Gasteiger partial charge in [0.2, 0.25) is 0 Å². The first-order chi connectivity index (χ1) is 12.9. The van der Waals surface area contributed by atoms with Crippen molar-refractivity contribution in [2.45, 2.75) is 0 Å². The maximum Gasteiger partial charge on any atom is 0.162 e. The van der Waals surface area contributed by atoms with Crippen molar-refractivity contribution in [2.24, 2.45) is 0 Å². The fraction of sp³-hybridized carbons (Fsp3) is 0. The van der Waals surface area contributed by atoms with E-state index in [1.165, 1.54) is 0 Å². The van der Waals surface area contributed by atoms with Gasteiger partial charge in [0.25, 0.3) is 0 Å². The number of aromatic amines is 1. The number of fused-ring (bicyclic) bond motifs is 1. The fourth-order valence-electron chi connectivity index (χ4n) is 3.09. The van der Waals surface area contributed by atoms with E-state index in [4.69, 9.17) is 9.40 Å². The van der Waals surface area contributed by atoms with Crippen LogP contribution in [0.25, 0.3) is 45.0 Å². The summed E-state index contributed by atoms with van der Waals surface area (Å²) in [5.41, 5.74) is 4.25. The number of benzene rings is 1. The van der Waals surface area contributed by atoms with E-state index < -0.39 is 0 Å². The van der Waals surface area contributed by atoms with Crippen molar-refractivity contribution in [3.8, 4) is 34.1 Å². The fourth-order valence-corrected chi connectivity index (χ4v) is 3.09. The largest absolute Gasteiger partial charge is 0.461 e. The molecule has 0 radical (unpaired) electrons. The molecule has 26 heavy (non-hydrogen) atoms. The number of pyridine rings is 2. The number of H-pyrrole nitrogens is 1. The summed E-state index contributed by atoms with van der Waals surface area (Å²) in [4.78, 5) is 16.8. The molecule has 0 aliphatic heterocycles. The van der Waals surface area contributed by atoms with Crippen LogP contribution in [0.5, 0.6) is 0 Å². The highest BCUT2D eigenvalue weighted by atomic mass is 16.3. The molecule has 0 saturated carbocycles. The topological polar surface area (TPSA) is 67.6 Å². The van der Waals surface area contributed by atoms with Crippen LogP contribution in [-0.2, 0) is 0 Å². The van der Waals surface area contributed by atoms with Crippen molar-refractivity contribution in [1.82, 2.24) is 19.9 Å². The highest BCUT2D eigenvalue weighted by molar-refractivity contribution is 5.90. The van der Waals surface area contributed by atoms with Crippen molar-refractivity contribution in [3.63, 3.8) is 0 Å². The zero-order valence-electron chi connectivity index (χ0n) is 13.8. The molecule has 0 fully saturated rings. The summed E-state index contributed by atoms with van der Waals surface area (Å²) in [6, 6.07) is 17.9. The van der Waals surface area contributed by atoms with Gasteiger partial charge < -0.3 is 9.40 Å². The summed E-state index contributed by atoms with van der Waals surface area (Å²) < 4.78 is 5.95. The molecule has 0 unspecified atom stereocenters. The Labute approximate surface area is 149 Å². The number of hydrogen-bond donors (Lipinski definition) is 1. The van der Waals surface area contributed by atoms with Crippen molar-refractivity contribution in [1.29, 1.82) is 0 Å². The van der Waals surface area contributed by atoms with E-state index in [-0.39, 0.29) is 0 Å². The standard InChI is InChI=1S/C21H14N4O/c1-2-6-16-14(5-1)8-9-18(25-16)20-19(17-7-3-4-10-22-17)15(13-26-20)21-23-11-12-24-21/h1-13H,(H,23,24). The second-order valence-corrected chi connectivity index (χ2v) is 5.90. The average molecular weight is 338 g/mol. The second-order valence-electron chi connectivity index (χ2n) is 5.90. The molecule has 0 bridgehead atoms. The average Bonchev–Trinajstić information content (AvgIpc) is 3.38. The Balaban J connectivity index is 1.76. The van der Waals surface area contributed by atoms with Gasteiger partial charge in [0, 0.05) is 24.0 Å². The molecule has 0 saturated heterocycles. The number of rotatable bonds is 3. The molecule has 0 atom stereocenters. The summed E-state index contributed by atoms with van der Waals surface area (Å²) in [5, 5.41) is 1.09. The third-order valence-corrected chi connectivity index (χ3v) is 4.30. The van der Waals surface area contributed by atoms with E-state index in [0.717, 1.165) is 39.2 Å². The second kappa shape index (κ2) is 5.97. The van der Waals surface area contributed by atoms with E-state index in [0.29, 0.717) is 5.76 Å². The maximum absolute atomic E-state index is 5.95. The summed E-state index contributed by atoms with van der Waals surface area (Å²) in [5.74, 6) is 1.42. The van der Waals surface area contributed by atoms with Crippen LogP contribution in [0.4, 0.5) is 0 Å². The normalized spacial score (nSPS) is 11.1. The van der Waals surface area contributed by atoms with Crippen LogP contribution in [0, 0.1) is 0 Å². The highest BCUT2D eigenvalue weighted by Crippen LogP contribution is 2.39. The molecule has 124 valence electrons. The van der Waals surface area contributed by atoms with E-state index >= 15 is 0 Å². The summed E-state index contributed by atoms with van der Waals surface area (Å²) in [7, 11) is 0. The Hall–Kier alpha value is -3.73. The lowest BCUT2D eigenvalue weighted by atomic mass is 10.0. The van der Waals surface area contributed by atoms with Gasteiger partial charge >= 0.3 is 0 Å². The number of furan rings is 1.